The maximum Gasteiger partial charge on any atom is 0.261 e. The Morgan fingerprint density at radius 2 is 2.04 bits per heavy atom. The second-order valence-corrected chi connectivity index (χ2v) is 5.95. The molecular formula is C19H22N2O3. The monoisotopic (exact) mass is 326 g/mol. The zero-order valence-corrected chi connectivity index (χ0v) is 13.8. The van der Waals surface area contributed by atoms with E-state index < -0.39 is 0 Å². The van der Waals surface area contributed by atoms with Crippen LogP contribution in [-0.2, 0) is 4.74 Å². The molecule has 1 fully saturated rings. The molecule has 0 spiro atoms. The van der Waals surface area contributed by atoms with Crippen molar-refractivity contribution < 1.29 is 9.53 Å². The number of aromatic nitrogens is 1. The largest absolute Gasteiger partial charge is 0.377 e. The highest BCUT2D eigenvalue weighted by molar-refractivity contribution is 5.94. The van der Waals surface area contributed by atoms with Crippen molar-refractivity contribution in [3.8, 4) is 11.3 Å². The molecule has 3 rings (SSSR count). The molecule has 0 bridgehead atoms. The topological polar surface area (TPSA) is 62.4 Å². The second kappa shape index (κ2) is 7.45. The highest BCUT2D eigenvalue weighted by atomic mass is 16.5. The SMILES string of the molecule is CCO[C@H]1CCCN(C(=O)c2ccc(-c3ccccc3)[nH]c2=O)C1. The summed E-state index contributed by atoms with van der Waals surface area (Å²) in [7, 11) is 0. The van der Waals surface area contributed by atoms with E-state index in [2.05, 4.69) is 4.98 Å². The molecule has 5 heteroatoms. The number of pyridine rings is 1. The number of aromatic amines is 1. The highest BCUT2D eigenvalue weighted by Crippen LogP contribution is 2.17. The fourth-order valence-electron chi connectivity index (χ4n) is 3.09. The molecule has 5 nitrogen and oxygen atoms in total. The van der Waals surface area contributed by atoms with Gasteiger partial charge in [0.05, 0.1) is 6.10 Å². The van der Waals surface area contributed by atoms with Gasteiger partial charge in [-0.3, -0.25) is 9.59 Å². The standard InChI is InChI=1S/C19H22N2O3/c1-2-24-15-9-6-12-21(13-15)19(23)16-10-11-17(20-18(16)22)14-7-4-3-5-8-14/h3-5,7-8,10-11,15H,2,6,9,12-13H2,1H3,(H,20,22)/t15-/m0/s1. The summed E-state index contributed by atoms with van der Waals surface area (Å²) in [5, 5.41) is 0. The van der Waals surface area contributed by atoms with Crippen LogP contribution in [0.2, 0.25) is 0 Å². The normalized spacial score (nSPS) is 17.7. The first-order valence-corrected chi connectivity index (χ1v) is 8.38. The van der Waals surface area contributed by atoms with Crippen LogP contribution in [0.25, 0.3) is 11.3 Å². The lowest BCUT2D eigenvalue weighted by molar-refractivity contribution is 0.00718. The Balaban J connectivity index is 1.79. The maximum absolute atomic E-state index is 12.7. The number of likely N-dealkylation sites (tertiary alicyclic amines) is 1. The quantitative estimate of drug-likeness (QED) is 0.939. The number of piperidine rings is 1. The van der Waals surface area contributed by atoms with Crippen LogP contribution in [0, 0.1) is 0 Å². The number of amides is 1. The molecule has 0 saturated carbocycles. The van der Waals surface area contributed by atoms with Crippen molar-refractivity contribution in [2.75, 3.05) is 19.7 Å². The highest BCUT2D eigenvalue weighted by Gasteiger charge is 2.26. The van der Waals surface area contributed by atoms with Crippen molar-refractivity contribution in [1.29, 1.82) is 0 Å². The molecule has 0 radical (unpaired) electrons. The van der Waals surface area contributed by atoms with E-state index >= 15 is 0 Å². The van der Waals surface area contributed by atoms with Gasteiger partial charge >= 0.3 is 0 Å². The molecule has 1 amide bonds. The molecule has 0 unspecified atom stereocenters. The summed E-state index contributed by atoms with van der Waals surface area (Å²) in [5.74, 6) is -0.222. The molecule has 1 aromatic carbocycles. The first kappa shape index (κ1) is 16.5. The number of ether oxygens (including phenoxy) is 1. The summed E-state index contributed by atoms with van der Waals surface area (Å²) < 4.78 is 5.63. The molecule has 1 saturated heterocycles. The van der Waals surface area contributed by atoms with Crippen molar-refractivity contribution in [1.82, 2.24) is 9.88 Å². The number of rotatable bonds is 4. The minimum absolute atomic E-state index is 0.0652. The molecule has 2 heterocycles. The lowest BCUT2D eigenvalue weighted by atomic mass is 10.1. The third-order valence-corrected chi connectivity index (χ3v) is 4.29. The van der Waals surface area contributed by atoms with E-state index in [0.29, 0.717) is 25.4 Å². The van der Waals surface area contributed by atoms with Crippen LogP contribution < -0.4 is 5.56 Å². The van der Waals surface area contributed by atoms with Gasteiger partial charge in [-0.15, -0.1) is 0 Å². The van der Waals surface area contributed by atoms with Gasteiger partial charge in [-0.2, -0.15) is 0 Å². The van der Waals surface area contributed by atoms with Crippen molar-refractivity contribution in [2.24, 2.45) is 0 Å². The molecule has 1 atom stereocenters. The van der Waals surface area contributed by atoms with Crippen LogP contribution in [0.15, 0.2) is 47.3 Å². The summed E-state index contributed by atoms with van der Waals surface area (Å²) >= 11 is 0. The average molecular weight is 326 g/mol. The van der Waals surface area contributed by atoms with Gasteiger partial charge in [0.2, 0.25) is 0 Å². The number of hydrogen-bond donors (Lipinski definition) is 1. The first-order chi connectivity index (χ1) is 11.7. The Morgan fingerprint density at radius 3 is 2.75 bits per heavy atom. The Bertz CT molecular complexity index is 753. The number of benzene rings is 1. The number of nitrogens with one attached hydrogen (secondary N) is 1. The molecule has 24 heavy (non-hydrogen) atoms. The van der Waals surface area contributed by atoms with Crippen LogP contribution in [0.5, 0.6) is 0 Å². The van der Waals surface area contributed by atoms with Gasteiger partial charge in [0.15, 0.2) is 0 Å². The minimum atomic E-state index is -0.347. The lowest BCUT2D eigenvalue weighted by Gasteiger charge is -2.32. The van der Waals surface area contributed by atoms with E-state index in [-0.39, 0.29) is 23.1 Å². The van der Waals surface area contributed by atoms with E-state index in [1.54, 1.807) is 17.0 Å². The van der Waals surface area contributed by atoms with Gasteiger partial charge in [0.1, 0.15) is 5.56 Å². The second-order valence-electron chi connectivity index (χ2n) is 5.95. The predicted molar refractivity (Wildman–Crippen MR) is 93.1 cm³/mol. The molecule has 1 aliphatic heterocycles. The molecule has 1 aliphatic rings. The van der Waals surface area contributed by atoms with Crippen molar-refractivity contribution in [2.45, 2.75) is 25.9 Å². The van der Waals surface area contributed by atoms with E-state index in [1.807, 2.05) is 37.3 Å². The first-order valence-electron chi connectivity index (χ1n) is 8.38. The van der Waals surface area contributed by atoms with Gasteiger partial charge < -0.3 is 14.6 Å². The Labute approximate surface area is 141 Å². The zero-order valence-electron chi connectivity index (χ0n) is 13.8. The molecule has 1 aromatic heterocycles. The van der Waals surface area contributed by atoms with E-state index in [0.717, 1.165) is 18.4 Å². The predicted octanol–water partition coefficient (Wildman–Crippen LogP) is 2.68. The van der Waals surface area contributed by atoms with E-state index in [1.165, 1.54) is 0 Å². The average Bonchev–Trinajstić information content (AvgIpc) is 2.62. The van der Waals surface area contributed by atoms with Gasteiger partial charge in [0, 0.05) is 25.4 Å². The molecule has 126 valence electrons. The van der Waals surface area contributed by atoms with Gasteiger partial charge in [-0.1, -0.05) is 30.3 Å². The maximum atomic E-state index is 12.7. The van der Waals surface area contributed by atoms with Gasteiger partial charge in [-0.25, -0.2) is 0 Å². The Hall–Kier alpha value is -2.40. The molecular weight excluding hydrogens is 304 g/mol. The van der Waals surface area contributed by atoms with Crippen molar-refractivity contribution >= 4 is 5.91 Å². The van der Waals surface area contributed by atoms with Crippen LogP contribution in [0.1, 0.15) is 30.1 Å². The van der Waals surface area contributed by atoms with E-state index in [9.17, 15) is 9.59 Å². The van der Waals surface area contributed by atoms with Crippen LogP contribution >= 0.6 is 0 Å². The lowest BCUT2D eigenvalue weighted by Crippen LogP contribution is -2.44. The zero-order chi connectivity index (χ0) is 16.9. The molecule has 0 aliphatic carbocycles. The van der Waals surface area contributed by atoms with Crippen molar-refractivity contribution in [3.63, 3.8) is 0 Å². The Kier molecular flexibility index (Phi) is 5.11. The van der Waals surface area contributed by atoms with Gasteiger partial charge in [0.25, 0.3) is 11.5 Å². The van der Waals surface area contributed by atoms with Crippen LogP contribution in [-0.4, -0.2) is 41.6 Å². The Morgan fingerprint density at radius 1 is 1.25 bits per heavy atom. The fraction of sp³-hybridized carbons (Fsp3) is 0.368. The summed E-state index contributed by atoms with van der Waals surface area (Å²) in [5.41, 5.74) is 1.47. The number of nitrogens with zero attached hydrogens (tertiary/aromatic N) is 1. The van der Waals surface area contributed by atoms with E-state index in [4.69, 9.17) is 4.74 Å². The van der Waals surface area contributed by atoms with Crippen LogP contribution in [0.4, 0.5) is 0 Å². The van der Waals surface area contributed by atoms with Crippen LogP contribution in [0.3, 0.4) is 0 Å². The number of hydrogen-bond acceptors (Lipinski definition) is 3. The smallest absolute Gasteiger partial charge is 0.261 e. The minimum Gasteiger partial charge on any atom is -0.377 e. The van der Waals surface area contributed by atoms with Crippen molar-refractivity contribution in [3.05, 3.63) is 58.4 Å². The fourth-order valence-corrected chi connectivity index (χ4v) is 3.09. The molecule has 1 N–H and O–H groups in total. The number of carbonyl (C=O) groups excluding carboxylic acids is 1. The summed E-state index contributed by atoms with van der Waals surface area (Å²) in [4.78, 5) is 29.6. The third kappa shape index (κ3) is 3.57. The number of carbonyl (C=O) groups is 1. The summed E-state index contributed by atoms with van der Waals surface area (Å²) in [6.45, 7) is 3.81. The van der Waals surface area contributed by atoms with Gasteiger partial charge in [-0.05, 0) is 37.5 Å². The summed E-state index contributed by atoms with van der Waals surface area (Å²) in [6.07, 6.45) is 1.92. The number of H-pyrrole nitrogens is 1. The summed E-state index contributed by atoms with van der Waals surface area (Å²) in [6, 6.07) is 13.0. The third-order valence-electron chi connectivity index (χ3n) is 4.29. The molecule has 2 aromatic rings.